The summed E-state index contributed by atoms with van der Waals surface area (Å²) in [5.74, 6) is 1.33. The van der Waals surface area contributed by atoms with Gasteiger partial charge in [0.15, 0.2) is 0 Å². The summed E-state index contributed by atoms with van der Waals surface area (Å²) in [6, 6.07) is 12.0. The van der Waals surface area contributed by atoms with Crippen LogP contribution in [0.4, 0.5) is 17.3 Å². The van der Waals surface area contributed by atoms with E-state index in [2.05, 4.69) is 53.6 Å². The van der Waals surface area contributed by atoms with Crippen LogP contribution in [0.1, 0.15) is 63.7 Å². The highest BCUT2D eigenvalue weighted by Crippen LogP contribution is 2.54. The van der Waals surface area contributed by atoms with Crippen LogP contribution in [0.15, 0.2) is 41.3 Å². The van der Waals surface area contributed by atoms with Crippen molar-refractivity contribution in [1.29, 1.82) is 0 Å². The van der Waals surface area contributed by atoms with E-state index in [0.717, 1.165) is 42.6 Å². The van der Waals surface area contributed by atoms with Crippen molar-refractivity contribution in [2.45, 2.75) is 69.9 Å². The van der Waals surface area contributed by atoms with E-state index in [0.29, 0.717) is 23.4 Å². The number of amides is 1. The molecule has 1 atom stereocenters. The van der Waals surface area contributed by atoms with Gasteiger partial charge in [-0.1, -0.05) is 6.07 Å². The predicted molar refractivity (Wildman–Crippen MR) is 148 cm³/mol. The number of rotatable bonds is 6. The molecule has 1 spiro atoms. The molecule has 0 bridgehead atoms. The smallest absolute Gasteiger partial charge is 0.258 e. The SMILES string of the molecule is C[C@@H]1CN(c2cccc(NC(=O)c3ccc(SNC(C)(C)C)cc3N3CCC4(CC3)CC4)n2)CCO1. The Morgan fingerprint density at radius 3 is 2.56 bits per heavy atom. The second kappa shape index (κ2) is 10.2. The van der Waals surface area contributed by atoms with Gasteiger partial charge in [0.05, 0.1) is 24.0 Å². The van der Waals surface area contributed by atoms with Gasteiger partial charge in [0.25, 0.3) is 5.91 Å². The molecule has 5 rings (SSSR count). The molecule has 0 radical (unpaired) electrons. The van der Waals surface area contributed by atoms with Crippen molar-refractivity contribution in [2.75, 3.05) is 47.9 Å². The van der Waals surface area contributed by atoms with Crippen LogP contribution >= 0.6 is 11.9 Å². The molecule has 1 aromatic carbocycles. The van der Waals surface area contributed by atoms with Crippen LogP contribution in [0.25, 0.3) is 0 Å². The van der Waals surface area contributed by atoms with Crippen LogP contribution in [0.3, 0.4) is 0 Å². The molecule has 1 amide bonds. The molecule has 1 aromatic heterocycles. The molecule has 2 aliphatic heterocycles. The number of hydrogen-bond acceptors (Lipinski definition) is 7. The molecule has 36 heavy (non-hydrogen) atoms. The minimum absolute atomic E-state index is 0.000678. The Bertz CT molecular complexity index is 1090. The van der Waals surface area contributed by atoms with Crippen molar-refractivity contribution in [2.24, 2.45) is 5.41 Å². The first kappa shape index (κ1) is 25.4. The highest BCUT2D eigenvalue weighted by atomic mass is 32.2. The fourth-order valence-corrected chi connectivity index (χ4v) is 5.75. The monoisotopic (exact) mass is 509 g/mol. The van der Waals surface area contributed by atoms with E-state index < -0.39 is 0 Å². The Balaban J connectivity index is 1.35. The zero-order chi connectivity index (χ0) is 25.3. The maximum absolute atomic E-state index is 13.6. The van der Waals surface area contributed by atoms with Crippen molar-refractivity contribution in [3.8, 4) is 0 Å². The van der Waals surface area contributed by atoms with Crippen molar-refractivity contribution >= 4 is 35.2 Å². The molecular formula is C28H39N5O2S. The molecule has 7 nitrogen and oxygen atoms in total. The lowest BCUT2D eigenvalue weighted by Crippen LogP contribution is -2.41. The number of anilines is 3. The average molecular weight is 510 g/mol. The molecule has 194 valence electrons. The molecule has 3 aliphatic rings. The quantitative estimate of drug-likeness (QED) is 0.510. The maximum atomic E-state index is 13.6. The van der Waals surface area contributed by atoms with Crippen molar-refractivity contribution in [3.63, 3.8) is 0 Å². The zero-order valence-electron chi connectivity index (χ0n) is 22.0. The van der Waals surface area contributed by atoms with E-state index in [1.165, 1.54) is 25.7 Å². The number of nitrogens with one attached hydrogen (secondary N) is 2. The number of nitrogens with zero attached hydrogens (tertiary/aromatic N) is 3. The van der Waals surface area contributed by atoms with Crippen molar-refractivity contribution in [3.05, 3.63) is 42.0 Å². The first-order valence-electron chi connectivity index (χ1n) is 13.2. The second-order valence-electron chi connectivity index (χ2n) is 11.6. The van der Waals surface area contributed by atoms with Crippen LogP contribution in [0.2, 0.25) is 0 Å². The van der Waals surface area contributed by atoms with Gasteiger partial charge in [-0.25, -0.2) is 4.98 Å². The van der Waals surface area contributed by atoms with Gasteiger partial charge in [0.2, 0.25) is 0 Å². The van der Waals surface area contributed by atoms with Crippen LogP contribution < -0.4 is 19.8 Å². The summed E-state index contributed by atoms with van der Waals surface area (Å²) in [5.41, 5.74) is 2.30. The number of carbonyl (C=O) groups is 1. The van der Waals surface area contributed by atoms with Gasteiger partial charge in [0, 0.05) is 36.6 Å². The number of pyridine rings is 1. The Kier molecular flexibility index (Phi) is 7.21. The molecule has 2 saturated heterocycles. The molecule has 3 fully saturated rings. The van der Waals surface area contributed by atoms with E-state index in [1.54, 1.807) is 11.9 Å². The minimum atomic E-state index is -0.114. The average Bonchev–Trinajstić information content (AvgIpc) is 3.61. The maximum Gasteiger partial charge on any atom is 0.258 e. The summed E-state index contributed by atoms with van der Waals surface area (Å²) >= 11 is 1.62. The number of morpholine rings is 1. The number of hydrogen-bond donors (Lipinski definition) is 2. The van der Waals surface area contributed by atoms with Crippen LogP contribution in [-0.4, -0.2) is 55.3 Å². The first-order valence-corrected chi connectivity index (χ1v) is 14.0. The van der Waals surface area contributed by atoms with E-state index in [9.17, 15) is 4.79 Å². The lowest BCUT2D eigenvalue weighted by molar-refractivity contribution is 0.0529. The molecule has 2 aromatic rings. The Morgan fingerprint density at radius 1 is 1.08 bits per heavy atom. The fourth-order valence-electron chi connectivity index (χ4n) is 5.02. The zero-order valence-corrected chi connectivity index (χ0v) is 22.8. The molecule has 8 heteroatoms. The summed E-state index contributed by atoms with van der Waals surface area (Å²) in [5, 5.41) is 3.08. The topological polar surface area (TPSA) is 69.7 Å². The highest BCUT2D eigenvalue weighted by molar-refractivity contribution is 7.97. The van der Waals surface area contributed by atoms with Gasteiger partial charge in [-0.05, 0) is 101 Å². The van der Waals surface area contributed by atoms with Crippen LogP contribution in [0, 0.1) is 5.41 Å². The number of aromatic nitrogens is 1. The lowest BCUT2D eigenvalue weighted by Gasteiger charge is -2.35. The molecule has 1 saturated carbocycles. The number of ether oxygens (including phenoxy) is 1. The standard InChI is InChI=1S/C28H39N5O2S/c1-20-19-33(16-17-35-20)25-7-5-6-24(29-25)30-26(34)22-9-8-21(36-31-27(2,3)4)18-23(22)32-14-12-28(10-11-28)13-15-32/h5-9,18,20,31H,10-17,19H2,1-4H3,(H,29,30,34)/t20-/m1/s1. The summed E-state index contributed by atoms with van der Waals surface area (Å²) < 4.78 is 9.16. The minimum Gasteiger partial charge on any atom is -0.375 e. The Hall–Kier alpha value is -2.29. The largest absolute Gasteiger partial charge is 0.375 e. The predicted octanol–water partition coefficient (Wildman–Crippen LogP) is 5.33. The van der Waals surface area contributed by atoms with Gasteiger partial charge in [0.1, 0.15) is 11.6 Å². The number of benzene rings is 1. The van der Waals surface area contributed by atoms with E-state index in [-0.39, 0.29) is 17.6 Å². The third-order valence-electron chi connectivity index (χ3n) is 7.35. The third-order valence-corrected chi connectivity index (χ3v) is 8.56. The first-order chi connectivity index (χ1) is 17.2. The van der Waals surface area contributed by atoms with Gasteiger partial charge < -0.3 is 19.9 Å². The number of piperidine rings is 1. The number of carbonyl (C=O) groups excluding carboxylic acids is 1. The van der Waals surface area contributed by atoms with Gasteiger partial charge in [-0.2, -0.15) is 0 Å². The molecule has 1 aliphatic carbocycles. The van der Waals surface area contributed by atoms with E-state index in [1.807, 2.05) is 30.3 Å². The summed E-state index contributed by atoms with van der Waals surface area (Å²) in [6.07, 6.45) is 5.33. The summed E-state index contributed by atoms with van der Waals surface area (Å²) in [4.78, 5) is 24.0. The molecule has 0 unspecified atom stereocenters. The van der Waals surface area contributed by atoms with E-state index in [4.69, 9.17) is 9.72 Å². The normalized spacial score (nSPS) is 21.5. The molecular weight excluding hydrogens is 470 g/mol. The fraction of sp³-hybridized carbons (Fsp3) is 0.571. The molecule has 2 N–H and O–H groups in total. The highest BCUT2D eigenvalue weighted by Gasteiger charge is 2.44. The second-order valence-corrected chi connectivity index (χ2v) is 12.5. The third kappa shape index (κ3) is 6.15. The van der Waals surface area contributed by atoms with Crippen LogP contribution in [0.5, 0.6) is 0 Å². The van der Waals surface area contributed by atoms with Crippen molar-refractivity contribution < 1.29 is 9.53 Å². The summed E-state index contributed by atoms with van der Waals surface area (Å²) in [6.45, 7) is 12.8. The van der Waals surface area contributed by atoms with Gasteiger partial charge in [-0.15, -0.1) is 0 Å². The van der Waals surface area contributed by atoms with E-state index >= 15 is 0 Å². The Labute approximate surface area is 219 Å². The molecule has 3 heterocycles. The summed E-state index contributed by atoms with van der Waals surface area (Å²) in [7, 11) is 0. The lowest BCUT2D eigenvalue weighted by atomic mass is 9.93. The van der Waals surface area contributed by atoms with Gasteiger partial charge in [-0.3, -0.25) is 9.52 Å². The van der Waals surface area contributed by atoms with Crippen LogP contribution in [-0.2, 0) is 4.74 Å². The van der Waals surface area contributed by atoms with Gasteiger partial charge >= 0.3 is 0 Å². The Morgan fingerprint density at radius 2 is 1.86 bits per heavy atom. The van der Waals surface area contributed by atoms with Crippen molar-refractivity contribution in [1.82, 2.24) is 9.71 Å².